The van der Waals surface area contributed by atoms with Crippen molar-refractivity contribution in [2.24, 2.45) is 0 Å². The number of phenolic OH excluding ortho intramolecular Hbond substituents is 1. The fourth-order valence-corrected chi connectivity index (χ4v) is 3.27. The highest BCUT2D eigenvalue weighted by Gasteiger charge is 2.14. The van der Waals surface area contributed by atoms with Crippen LogP contribution in [0.2, 0.25) is 0 Å². The number of aryl methyl sites for hydroxylation is 1. The monoisotopic (exact) mass is 401 g/mol. The van der Waals surface area contributed by atoms with Gasteiger partial charge in [0, 0.05) is 28.8 Å². The molecule has 30 heavy (non-hydrogen) atoms. The highest BCUT2D eigenvalue weighted by molar-refractivity contribution is 6.09. The van der Waals surface area contributed by atoms with E-state index in [1.165, 1.54) is 0 Å². The van der Waals surface area contributed by atoms with Crippen LogP contribution in [0.25, 0.3) is 11.8 Å². The average Bonchev–Trinajstić information content (AvgIpc) is 3.00. The van der Waals surface area contributed by atoms with Crippen LogP contribution in [0.3, 0.4) is 0 Å². The molecule has 0 spiro atoms. The summed E-state index contributed by atoms with van der Waals surface area (Å²) >= 11 is 0. The van der Waals surface area contributed by atoms with E-state index in [0.29, 0.717) is 18.0 Å². The summed E-state index contributed by atoms with van der Waals surface area (Å²) in [5.74, 6) is 0.356. The summed E-state index contributed by atoms with van der Waals surface area (Å²) in [6.45, 7) is 6.28. The van der Waals surface area contributed by atoms with Gasteiger partial charge >= 0.3 is 0 Å². The fourth-order valence-electron chi connectivity index (χ4n) is 3.27. The van der Waals surface area contributed by atoms with Crippen molar-refractivity contribution in [2.75, 3.05) is 11.9 Å². The van der Waals surface area contributed by atoms with Crippen molar-refractivity contribution in [2.45, 2.75) is 20.8 Å². The Morgan fingerprint density at radius 1 is 1.20 bits per heavy atom. The molecule has 1 amide bonds. The Morgan fingerprint density at radius 2 is 1.93 bits per heavy atom. The second-order valence-corrected chi connectivity index (χ2v) is 6.76. The Labute approximate surface area is 175 Å². The number of nitrogens with zero attached hydrogens (tertiary/aromatic N) is 2. The van der Waals surface area contributed by atoms with E-state index in [2.05, 4.69) is 5.32 Å². The smallest absolute Gasteiger partial charge is 0.266 e. The summed E-state index contributed by atoms with van der Waals surface area (Å²) in [7, 11) is 0. The molecule has 0 saturated heterocycles. The van der Waals surface area contributed by atoms with Crippen LogP contribution in [0.15, 0.2) is 60.2 Å². The van der Waals surface area contributed by atoms with E-state index in [9.17, 15) is 15.2 Å². The molecule has 1 aromatic heterocycles. The first kappa shape index (κ1) is 20.7. The zero-order valence-electron chi connectivity index (χ0n) is 17.1. The standard InChI is InChI=1S/C24H23N3O3/c1-4-30-23-7-5-6-20(14-23)26-24(29)19(15-25)13-18-12-16(2)27(17(18)3)21-8-10-22(28)11-9-21/h5-14,28H,4H2,1-3H3,(H,26,29)/b19-13+. The molecule has 0 radical (unpaired) electrons. The topological polar surface area (TPSA) is 87.3 Å². The number of phenols is 1. The van der Waals surface area contributed by atoms with E-state index in [0.717, 1.165) is 22.6 Å². The summed E-state index contributed by atoms with van der Waals surface area (Å²) in [6, 6.07) is 17.8. The Hall–Kier alpha value is -3.98. The summed E-state index contributed by atoms with van der Waals surface area (Å²) < 4.78 is 7.45. The first-order chi connectivity index (χ1) is 14.4. The molecule has 6 nitrogen and oxygen atoms in total. The van der Waals surface area contributed by atoms with Gasteiger partial charge in [0.05, 0.1) is 6.61 Å². The lowest BCUT2D eigenvalue weighted by atomic mass is 10.1. The van der Waals surface area contributed by atoms with Gasteiger partial charge in [-0.15, -0.1) is 0 Å². The number of ether oxygens (including phenoxy) is 1. The van der Waals surface area contributed by atoms with Gasteiger partial charge in [0.1, 0.15) is 23.1 Å². The SMILES string of the molecule is CCOc1cccc(NC(=O)/C(C#N)=C/c2cc(C)n(-c3ccc(O)cc3)c2C)c1. The number of hydrogen-bond donors (Lipinski definition) is 2. The van der Waals surface area contributed by atoms with Gasteiger partial charge in [-0.25, -0.2) is 0 Å². The number of rotatable bonds is 6. The van der Waals surface area contributed by atoms with E-state index in [4.69, 9.17) is 4.74 Å². The van der Waals surface area contributed by atoms with Crippen molar-refractivity contribution in [3.05, 3.63) is 77.1 Å². The molecule has 0 aliphatic heterocycles. The van der Waals surface area contributed by atoms with Crippen LogP contribution in [0.5, 0.6) is 11.5 Å². The van der Waals surface area contributed by atoms with E-state index in [1.54, 1.807) is 42.5 Å². The highest BCUT2D eigenvalue weighted by atomic mass is 16.5. The number of carbonyl (C=O) groups excluding carboxylic acids is 1. The molecule has 1 heterocycles. The predicted octanol–water partition coefficient (Wildman–Crippen LogP) is 4.74. The third-order valence-electron chi connectivity index (χ3n) is 4.65. The minimum atomic E-state index is -0.486. The van der Waals surface area contributed by atoms with Crippen LogP contribution < -0.4 is 10.1 Å². The number of aromatic nitrogens is 1. The Kier molecular flexibility index (Phi) is 6.23. The van der Waals surface area contributed by atoms with Crippen LogP contribution in [-0.4, -0.2) is 22.2 Å². The summed E-state index contributed by atoms with van der Waals surface area (Å²) in [4.78, 5) is 12.7. The van der Waals surface area contributed by atoms with Gasteiger partial charge in [-0.1, -0.05) is 6.07 Å². The number of aromatic hydroxyl groups is 1. The third-order valence-corrected chi connectivity index (χ3v) is 4.65. The first-order valence-electron chi connectivity index (χ1n) is 9.57. The minimum Gasteiger partial charge on any atom is -0.508 e. The molecule has 0 unspecified atom stereocenters. The normalized spacial score (nSPS) is 11.1. The van der Waals surface area contributed by atoms with Crippen molar-refractivity contribution >= 4 is 17.7 Å². The molecule has 0 aliphatic rings. The maximum absolute atomic E-state index is 12.7. The van der Waals surface area contributed by atoms with Gasteiger partial charge in [-0.3, -0.25) is 4.79 Å². The van der Waals surface area contributed by atoms with Crippen molar-refractivity contribution in [1.82, 2.24) is 4.57 Å². The Balaban J connectivity index is 1.88. The molecular formula is C24H23N3O3. The van der Waals surface area contributed by atoms with Gasteiger partial charge in [0.15, 0.2) is 0 Å². The molecule has 0 bridgehead atoms. The number of benzene rings is 2. The number of nitrogens with one attached hydrogen (secondary N) is 1. The molecule has 0 aliphatic carbocycles. The lowest BCUT2D eigenvalue weighted by Gasteiger charge is -2.10. The Bertz CT molecular complexity index is 1140. The van der Waals surface area contributed by atoms with Crippen molar-refractivity contribution < 1.29 is 14.6 Å². The van der Waals surface area contributed by atoms with Crippen molar-refractivity contribution in [3.63, 3.8) is 0 Å². The van der Waals surface area contributed by atoms with E-state index in [1.807, 2.05) is 49.6 Å². The molecule has 2 N–H and O–H groups in total. The van der Waals surface area contributed by atoms with Gasteiger partial charge in [0.2, 0.25) is 0 Å². The van der Waals surface area contributed by atoms with Crippen LogP contribution in [0, 0.1) is 25.2 Å². The lowest BCUT2D eigenvalue weighted by molar-refractivity contribution is -0.112. The third kappa shape index (κ3) is 4.53. The molecule has 3 rings (SSSR count). The summed E-state index contributed by atoms with van der Waals surface area (Å²) in [5.41, 5.74) is 4.06. The Morgan fingerprint density at radius 3 is 2.60 bits per heavy atom. The zero-order valence-corrected chi connectivity index (χ0v) is 17.1. The predicted molar refractivity (Wildman–Crippen MR) is 117 cm³/mol. The second-order valence-electron chi connectivity index (χ2n) is 6.76. The fraction of sp³-hybridized carbons (Fsp3) is 0.167. The number of nitriles is 1. The number of amides is 1. The number of anilines is 1. The van der Waals surface area contributed by atoms with E-state index < -0.39 is 5.91 Å². The van der Waals surface area contributed by atoms with Crippen LogP contribution >= 0.6 is 0 Å². The largest absolute Gasteiger partial charge is 0.508 e. The van der Waals surface area contributed by atoms with Gasteiger partial charge in [0.25, 0.3) is 5.91 Å². The van der Waals surface area contributed by atoms with E-state index in [-0.39, 0.29) is 11.3 Å². The molecule has 2 aromatic carbocycles. The quantitative estimate of drug-likeness (QED) is 0.461. The van der Waals surface area contributed by atoms with Gasteiger partial charge in [-0.05, 0) is 74.9 Å². The molecule has 152 valence electrons. The summed E-state index contributed by atoms with van der Waals surface area (Å²) in [5, 5.41) is 21.8. The molecule has 6 heteroatoms. The molecular weight excluding hydrogens is 378 g/mol. The lowest BCUT2D eigenvalue weighted by Crippen LogP contribution is -2.13. The average molecular weight is 401 g/mol. The maximum Gasteiger partial charge on any atom is 0.266 e. The van der Waals surface area contributed by atoms with Gasteiger partial charge < -0.3 is 19.7 Å². The minimum absolute atomic E-state index is 0.00256. The van der Waals surface area contributed by atoms with E-state index >= 15 is 0 Å². The number of carbonyl (C=O) groups is 1. The molecule has 0 atom stereocenters. The maximum atomic E-state index is 12.7. The molecule has 0 fully saturated rings. The molecule has 3 aromatic rings. The molecule has 0 saturated carbocycles. The second kappa shape index (κ2) is 9.01. The number of hydrogen-bond acceptors (Lipinski definition) is 4. The van der Waals surface area contributed by atoms with Crippen molar-refractivity contribution in [1.29, 1.82) is 5.26 Å². The van der Waals surface area contributed by atoms with Gasteiger partial charge in [-0.2, -0.15) is 5.26 Å². The summed E-state index contributed by atoms with van der Waals surface area (Å²) in [6.07, 6.45) is 1.58. The van der Waals surface area contributed by atoms with Crippen LogP contribution in [-0.2, 0) is 4.79 Å². The van der Waals surface area contributed by atoms with Crippen LogP contribution in [0.4, 0.5) is 5.69 Å². The zero-order chi connectivity index (χ0) is 21.7. The first-order valence-corrected chi connectivity index (χ1v) is 9.57. The highest BCUT2D eigenvalue weighted by Crippen LogP contribution is 2.24. The van der Waals surface area contributed by atoms with Crippen molar-refractivity contribution in [3.8, 4) is 23.3 Å². The van der Waals surface area contributed by atoms with Crippen LogP contribution in [0.1, 0.15) is 23.9 Å².